The van der Waals surface area contributed by atoms with Crippen LogP contribution in [0.1, 0.15) is 20.8 Å². The molecule has 0 aliphatic carbocycles. The number of hydrogen-bond donors (Lipinski definition) is 1. The van der Waals surface area contributed by atoms with Gasteiger partial charge in [0, 0.05) is 45.5 Å². The maximum Gasteiger partial charge on any atom is 0.194 e. The zero-order valence-corrected chi connectivity index (χ0v) is 18.1. The van der Waals surface area contributed by atoms with Crippen molar-refractivity contribution < 1.29 is 14.2 Å². The molecule has 1 aromatic heterocycles. The fourth-order valence-corrected chi connectivity index (χ4v) is 3.67. The Morgan fingerprint density at radius 2 is 2.14 bits per heavy atom. The summed E-state index contributed by atoms with van der Waals surface area (Å²) in [6, 6.07) is 6.21. The van der Waals surface area contributed by atoms with Crippen molar-refractivity contribution in [1.82, 2.24) is 15.2 Å². The Balaban J connectivity index is 1.62. The molecule has 2 atom stereocenters. The van der Waals surface area contributed by atoms with Crippen LogP contribution >= 0.6 is 0 Å². The predicted octanol–water partition coefficient (Wildman–Crippen LogP) is 1.38. The van der Waals surface area contributed by atoms with Crippen LogP contribution < -0.4 is 10.2 Å². The molecule has 0 amide bonds. The van der Waals surface area contributed by atoms with Crippen LogP contribution in [0.25, 0.3) is 0 Å². The number of guanidine groups is 1. The first-order valence-electron chi connectivity index (χ1n) is 10.4. The van der Waals surface area contributed by atoms with Crippen molar-refractivity contribution >= 4 is 11.8 Å². The Morgan fingerprint density at radius 1 is 1.34 bits per heavy atom. The van der Waals surface area contributed by atoms with Crippen molar-refractivity contribution in [2.75, 3.05) is 64.6 Å². The van der Waals surface area contributed by atoms with Gasteiger partial charge in [-0.25, -0.2) is 4.98 Å². The number of ether oxygens (including phenoxy) is 3. The normalized spacial score (nSPS) is 23.7. The van der Waals surface area contributed by atoms with Gasteiger partial charge in [0.05, 0.1) is 32.0 Å². The summed E-state index contributed by atoms with van der Waals surface area (Å²) in [5, 5.41) is 3.52. The van der Waals surface area contributed by atoms with Gasteiger partial charge in [-0.05, 0) is 32.9 Å². The number of aliphatic imine (C=N–C) groups is 1. The Bertz CT molecular complexity index is 647. The maximum atomic E-state index is 6.12. The minimum atomic E-state index is -0.260. The first kappa shape index (κ1) is 21.8. The minimum Gasteiger partial charge on any atom is -0.383 e. The van der Waals surface area contributed by atoms with E-state index in [2.05, 4.69) is 46.9 Å². The summed E-state index contributed by atoms with van der Waals surface area (Å²) in [6.07, 6.45) is 1.82. The van der Waals surface area contributed by atoms with Gasteiger partial charge in [-0.3, -0.25) is 4.99 Å². The van der Waals surface area contributed by atoms with E-state index in [9.17, 15) is 0 Å². The van der Waals surface area contributed by atoms with Crippen LogP contribution in [-0.2, 0) is 14.2 Å². The molecular formula is C21H35N5O3. The van der Waals surface area contributed by atoms with Gasteiger partial charge < -0.3 is 29.3 Å². The van der Waals surface area contributed by atoms with Crippen LogP contribution in [0.15, 0.2) is 29.4 Å². The van der Waals surface area contributed by atoms with Gasteiger partial charge in [-0.15, -0.1) is 0 Å². The average Bonchev–Trinajstić information content (AvgIpc) is 2.71. The van der Waals surface area contributed by atoms with Crippen LogP contribution in [0.2, 0.25) is 0 Å². The summed E-state index contributed by atoms with van der Waals surface area (Å²) < 4.78 is 17.1. The third-order valence-corrected chi connectivity index (χ3v) is 5.03. The van der Waals surface area contributed by atoms with E-state index in [1.807, 2.05) is 18.3 Å². The molecule has 0 bridgehead atoms. The lowest BCUT2D eigenvalue weighted by Crippen LogP contribution is -2.55. The molecular weight excluding hydrogens is 370 g/mol. The van der Waals surface area contributed by atoms with Crippen molar-refractivity contribution in [2.45, 2.75) is 38.5 Å². The number of hydrogen-bond acceptors (Lipinski definition) is 6. The van der Waals surface area contributed by atoms with E-state index in [1.54, 1.807) is 7.11 Å². The zero-order valence-electron chi connectivity index (χ0n) is 18.1. The van der Waals surface area contributed by atoms with Crippen LogP contribution in [0.4, 0.5) is 5.82 Å². The van der Waals surface area contributed by atoms with E-state index < -0.39 is 0 Å². The molecule has 0 radical (unpaired) electrons. The van der Waals surface area contributed by atoms with Gasteiger partial charge >= 0.3 is 0 Å². The van der Waals surface area contributed by atoms with E-state index >= 15 is 0 Å². The molecule has 2 fully saturated rings. The first-order chi connectivity index (χ1) is 14.0. The maximum absolute atomic E-state index is 6.12. The molecule has 2 aliphatic heterocycles. The Morgan fingerprint density at radius 3 is 2.79 bits per heavy atom. The Kier molecular flexibility index (Phi) is 7.69. The second-order valence-corrected chi connectivity index (χ2v) is 8.34. The smallest absolute Gasteiger partial charge is 0.194 e. The minimum absolute atomic E-state index is 0.0249. The molecule has 2 saturated heterocycles. The van der Waals surface area contributed by atoms with Gasteiger partial charge in [-0.1, -0.05) is 6.07 Å². The molecule has 2 unspecified atom stereocenters. The summed E-state index contributed by atoms with van der Waals surface area (Å²) in [5.74, 6) is 1.93. The number of piperazine rings is 1. The highest BCUT2D eigenvalue weighted by atomic mass is 16.6. The van der Waals surface area contributed by atoms with E-state index in [-0.39, 0.29) is 17.7 Å². The topological polar surface area (TPSA) is 71.5 Å². The van der Waals surface area contributed by atoms with Gasteiger partial charge in [0.25, 0.3) is 0 Å². The number of anilines is 1. The van der Waals surface area contributed by atoms with Gasteiger partial charge in [-0.2, -0.15) is 0 Å². The monoisotopic (exact) mass is 405 g/mol. The lowest BCUT2D eigenvalue weighted by molar-refractivity contribution is -0.178. The molecule has 3 rings (SSSR count). The molecule has 162 valence electrons. The lowest BCUT2D eigenvalue weighted by Gasteiger charge is -2.38. The highest BCUT2D eigenvalue weighted by Crippen LogP contribution is 2.19. The van der Waals surface area contributed by atoms with Gasteiger partial charge in [0.15, 0.2) is 5.96 Å². The molecule has 0 aromatic carbocycles. The highest BCUT2D eigenvalue weighted by Gasteiger charge is 2.29. The fraction of sp³-hybridized carbons (Fsp3) is 0.714. The first-order valence-corrected chi connectivity index (χ1v) is 10.4. The molecule has 3 heterocycles. The average molecular weight is 406 g/mol. The number of pyridine rings is 1. The molecule has 8 nitrogen and oxygen atoms in total. The summed E-state index contributed by atoms with van der Waals surface area (Å²) in [4.78, 5) is 14.0. The van der Waals surface area contributed by atoms with Crippen LogP contribution in [-0.4, -0.2) is 93.2 Å². The summed E-state index contributed by atoms with van der Waals surface area (Å²) in [7, 11) is 1.72. The summed E-state index contributed by atoms with van der Waals surface area (Å²) in [6.45, 7) is 12.2. The van der Waals surface area contributed by atoms with Gasteiger partial charge in [0.2, 0.25) is 0 Å². The SMILES string of the molecule is COCC(C)NC(=NCC1COCC(C)(C)O1)N1CCN(c2ccccn2)CC1. The molecule has 0 spiro atoms. The van der Waals surface area contributed by atoms with E-state index in [0.29, 0.717) is 26.4 Å². The van der Waals surface area contributed by atoms with Gasteiger partial charge in [0.1, 0.15) is 11.9 Å². The van der Waals surface area contributed by atoms with Crippen molar-refractivity contribution in [1.29, 1.82) is 0 Å². The van der Waals surface area contributed by atoms with Crippen molar-refractivity contribution in [3.63, 3.8) is 0 Å². The number of rotatable bonds is 6. The van der Waals surface area contributed by atoms with Crippen molar-refractivity contribution in [2.24, 2.45) is 4.99 Å². The number of nitrogens with zero attached hydrogens (tertiary/aromatic N) is 4. The Labute approximate surface area is 174 Å². The van der Waals surface area contributed by atoms with E-state index in [4.69, 9.17) is 19.2 Å². The molecule has 1 N–H and O–H groups in total. The summed E-state index contributed by atoms with van der Waals surface area (Å²) in [5.41, 5.74) is -0.260. The number of methoxy groups -OCH3 is 1. The number of aromatic nitrogens is 1. The quantitative estimate of drug-likeness (QED) is 0.566. The highest BCUT2D eigenvalue weighted by molar-refractivity contribution is 5.80. The van der Waals surface area contributed by atoms with Crippen LogP contribution in [0.5, 0.6) is 0 Å². The largest absolute Gasteiger partial charge is 0.383 e. The molecule has 1 aromatic rings. The predicted molar refractivity (Wildman–Crippen MR) is 115 cm³/mol. The van der Waals surface area contributed by atoms with Crippen LogP contribution in [0, 0.1) is 0 Å². The summed E-state index contributed by atoms with van der Waals surface area (Å²) >= 11 is 0. The molecule has 29 heavy (non-hydrogen) atoms. The van der Waals surface area contributed by atoms with E-state index in [0.717, 1.165) is 38.0 Å². The lowest BCUT2D eigenvalue weighted by atomic mass is 10.1. The third kappa shape index (κ3) is 6.55. The fourth-order valence-electron chi connectivity index (χ4n) is 3.67. The molecule has 2 aliphatic rings. The molecule has 0 saturated carbocycles. The van der Waals surface area contributed by atoms with Crippen molar-refractivity contribution in [3.05, 3.63) is 24.4 Å². The zero-order chi connectivity index (χ0) is 20.7. The van der Waals surface area contributed by atoms with Crippen molar-refractivity contribution in [3.8, 4) is 0 Å². The standard InChI is InChI=1S/C21H35N5O3/c1-17(14-27-4)24-20(23-13-18-15-28-16-21(2,3)29-18)26-11-9-25(10-12-26)19-7-5-6-8-22-19/h5-8,17-18H,9-16H2,1-4H3,(H,23,24). The number of nitrogens with one attached hydrogen (secondary N) is 1. The Hall–Kier alpha value is -1.90. The second-order valence-electron chi connectivity index (χ2n) is 8.34. The third-order valence-electron chi connectivity index (χ3n) is 5.03. The van der Waals surface area contributed by atoms with E-state index in [1.165, 1.54) is 0 Å². The van der Waals surface area contributed by atoms with Crippen LogP contribution in [0.3, 0.4) is 0 Å². The second kappa shape index (κ2) is 10.2. The molecule has 8 heteroatoms.